The Balaban J connectivity index is 1.50. The number of nitrogens with zero attached hydrogens (tertiary/aromatic N) is 1. The van der Waals surface area contributed by atoms with Crippen molar-refractivity contribution in [3.05, 3.63) is 69.8 Å². The second kappa shape index (κ2) is 10.1. The number of sulfonamides is 1. The molecule has 0 aliphatic carbocycles. The molecule has 1 aromatic heterocycles. The van der Waals surface area contributed by atoms with Gasteiger partial charge in [-0.05, 0) is 42.3 Å². The maximum Gasteiger partial charge on any atom is 0.266 e. The molecule has 0 saturated heterocycles. The number of hydrogen-bond donors (Lipinski definition) is 2. The maximum absolute atomic E-state index is 14.7. The Morgan fingerprint density at radius 2 is 2.09 bits per heavy atom. The van der Waals surface area contributed by atoms with Gasteiger partial charge >= 0.3 is 0 Å². The topological polar surface area (TPSA) is 89.5 Å². The van der Waals surface area contributed by atoms with Crippen LogP contribution in [0.25, 0.3) is 5.57 Å². The molecular formula is C22H21ClFN3O4S2. The lowest BCUT2D eigenvalue weighted by atomic mass is 9.95. The molecule has 0 amide bonds. The van der Waals surface area contributed by atoms with Gasteiger partial charge in [0.15, 0.2) is 5.82 Å². The van der Waals surface area contributed by atoms with E-state index < -0.39 is 20.7 Å². The van der Waals surface area contributed by atoms with E-state index in [1.807, 2.05) is 24.3 Å². The van der Waals surface area contributed by atoms with Crippen LogP contribution in [0.5, 0.6) is 11.5 Å². The second-order valence-electron chi connectivity index (χ2n) is 7.19. The summed E-state index contributed by atoms with van der Waals surface area (Å²) in [6, 6.07) is 9.56. The number of halogens is 2. The lowest BCUT2D eigenvalue weighted by Crippen LogP contribution is -2.38. The highest BCUT2D eigenvalue weighted by atomic mass is 35.5. The summed E-state index contributed by atoms with van der Waals surface area (Å²) in [5.41, 5.74) is 3.53. The zero-order chi connectivity index (χ0) is 23.4. The Morgan fingerprint density at radius 3 is 2.79 bits per heavy atom. The molecule has 0 bridgehead atoms. The molecule has 2 N–H and O–H groups in total. The van der Waals surface area contributed by atoms with Gasteiger partial charge in [-0.15, -0.1) is 11.3 Å². The summed E-state index contributed by atoms with van der Waals surface area (Å²) in [7, 11) is -2.58. The molecule has 3 aromatic rings. The summed E-state index contributed by atoms with van der Waals surface area (Å²) >= 11 is 7.46. The number of rotatable bonds is 8. The largest absolute Gasteiger partial charge is 0.497 e. The van der Waals surface area contributed by atoms with E-state index in [0.29, 0.717) is 0 Å². The molecule has 1 atom stereocenters. The summed E-state index contributed by atoms with van der Waals surface area (Å²) in [6.45, 7) is 0.954. The Kier molecular flexibility index (Phi) is 7.18. The Labute approximate surface area is 200 Å². The molecule has 0 spiro atoms. The quantitative estimate of drug-likeness (QED) is 0.462. The number of ether oxygens (including phenoxy) is 2. The standard InChI is InChI=1S/C22H21ClFN3O4S2/c1-30-15-6-4-14(5-7-15)16-3-2-8-25-19(16)11-31-20-10-18(24)21(9-17(20)23)33(28,29)27-22-12-32-13-26-22/h3-7,9-10,12-13,19,25,27H,2,8,11H2,1H3. The average Bonchev–Trinajstić information content (AvgIpc) is 3.32. The van der Waals surface area contributed by atoms with Crippen LogP contribution in [-0.4, -0.2) is 39.7 Å². The minimum absolute atomic E-state index is 0.0131. The molecule has 2 aromatic carbocycles. The van der Waals surface area contributed by atoms with Gasteiger partial charge in [0.1, 0.15) is 28.8 Å². The highest BCUT2D eigenvalue weighted by molar-refractivity contribution is 7.92. The van der Waals surface area contributed by atoms with Crippen LogP contribution in [0.2, 0.25) is 5.02 Å². The van der Waals surface area contributed by atoms with E-state index in [4.69, 9.17) is 21.1 Å². The number of nitrogens with one attached hydrogen (secondary N) is 2. The predicted molar refractivity (Wildman–Crippen MR) is 127 cm³/mol. The smallest absolute Gasteiger partial charge is 0.266 e. The first-order valence-corrected chi connectivity index (χ1v) is 12.8. The first-order valence-electron chi connectivity index (χ1n) is 9.98. The molecular weight excluding hydrogens is 489 g/mol. The summed E-state index contributed by atoms with van der Waals surface area (Å²) in [4.78, 5) is 3.27. The van der Waals surface area contributed by atoms with Gasteiger partial charge in [0.05, 0.1) is 23.7 Å². The molecule has 33 heavy (non-hydrogen) atoms. The van der Waals surface area contributed by atoms with Gasteiger partial charge in [-0.25, -0.2) is 17.8 Å². The predicted octanol–water partition coefficient (Wildman–Crippen LogP) is 4.57. The molecule has 1 aliphatic heterocycles. The van der Waals surface area contributed by atoms with Crippen LogP contribution in [0.1, 0.15) is 12.0 Å². The van der Waals surface area contributed by atoms with Crippen LogP contribution in [0.3, 0.4) is 0 Å². The normalized spacial score (nSPS) is 16.2. The van der Waals surface area contributed by atoms with Crippen LogP contribution >= 0.6 is 22.9 Å². The number of anilines is 1. The van der Waals surface area contributed by atoms with Crippen molar-refractivity contribution in [3.63, 3.8) is 0 Å². The van der Waals surface area contributed by atoms with E-state index >= 15 is 0 Å². The van der Waals surface area contributed by atoms with Crippen molar-refractivity contribution in [2.75, 3.05) is 25.0 Å². The van der Waals surface area contributed by atoms with Crippen molar-refractivity contribution in [1.82, 2.24) is 10.3 Å². The van der Waals surface area contributed by atoms with Gasteiger partial charge in [-0.3, -0.25) is 4.72 Å². The first kappa shape index (κ1) is 23.5. The third-order valence-electron chi connectivity index (χ3n) is 5.05. The molecule has 11 heteroatoms. The van der Waals surface area contributed by atoms with E-state index in [0.717, 1.165) is 42.0 Å². The number of hydrogen-bond acceptors (Lipinski definition) is 7. The molecule has 0 radical (unpaired) electrons. The summed E-state index contributed by atoms with van der Waals surface area (Å²) < 4.78 is 53.0. The number of aromatic nitrogens is 1. The zero-order valence-electron chi connectivity index (χ0n) is 17.5. The van der Waals surface area contributed by atoms with Crippen LogP contribution in [0, 0.1) is 5.82 Å². The van der Waals surface area contributed by atoms with Crippen molar-refractivity contribution in [1.29, 1.82) is 0 Å². The fourth-order valence-electron chi connectivity index (χ4n) is 3.44. The van der Waals surface area contributed by atoms with Crippen LogP contribution < -0.4 is 19.5 Å². The van der Waals surface area contributed by atoms with Crippen molar-refractivity contribution in [2.45, 2.75) is 17.4 Å². The maximum atomic E-state index is 14.7. The van der Waals surface area contributed by atoms with E-state index in [2.05, 4.69) is 21.1 Å². The lowest BCUT2D eigenvalue weighted by molar-refractivity contribution is 0.287. The monoisotopic (exact) mass is 509 g/mol. The highest BCUT2D eigenvalue weighted by Crippen LogP contribution is 2.32. The van der Waals surface area contributed by atoms with Crippen molar-refractivity contribution in [3.8, 4) is 11.5 Å². The SMILES string of the molecule is COc1ccc(C2=CCCNC2COc2cc(F)c(S(=O)(=O)Nc3cscn3)cc2Cl)cc1. The fourth-order valence-corrected chi connectivity index (χ4v) is 5.37. The Morgan fingerprint density at radius 1 is 1.30 bits per heavy atom. The third kappa shape index (κ3) is 5.47. The van der Waals surface area contributed by atoms with E-state index in [9.17, 15) is 12.8 Å². The van der Waals surface area contributed by atoms with Gasteiger partial charge in [0.25, 0.3) is 10.0 Å². The summed E-state index contributed by atoms with van der Waals surface area (Å²) in [6.07, 6.45) is 3.00. The number of thiazole rings is 1. The average molecular weight is 510 g/mol. The minimum Gasteiger partial charge on any atom is -0.497 e. The first-order chi connectivity index (χ1) is 15.9. The van der Waals surface area contributed by atoms with Gasteiger partial charge < -0.3 is 14.8 Å². The van der Waals surface area contributed by atoms with Crippen molar-refractivity contribution >= 4 is 44.4 Å². The fraction of sp³-hybridized carbons (Fsp3) is 0.227. The second-order valence-corrected chi connectivity index (χ2v) is 9.96. The molecule has 1 aliphatic rings. The molecule has 4 rings (SSSR count). The minimum atomic E-state index is -4.19. The zero-order valence-corrected chi connectivity index (χ0v) is 19.9. The summed E-state index contributed by atoms with van der Waals surface area (Å²) in [5.74, 6) is -0.0440. The number of methoxy groups -OCH3 is 1. The van der Waals surface area contributed by atoms with Crippen molar-refractivity contribution in [2.24, 2.45) is 0 Å². The van der Waals surface area contributed by atoms with E-state index in [-0.39, 0.29) is 29.2 Å². The van der Waals surface area contributed by atoms with Gasteiger partial charge in [0, 0.05) is 11.4 Å². The molecule has 7 nitrogen and oxygen atoms in total. The third-order valence-corrected chi connectivity index (χ3v) is 7.30. The summed E-state index contributed by atoms with van der Waals surface area (Å²) in [5, 5.41) is 4.87. The van der Waals surface area contributed by atoms with Crippen LogP contribution in [-0.2, 0) is 10.0 Å². The molecule has 1 unspecified atom stereocenters. The lowest BCUT2D eigenvalue weighted by Gasteiger charge is -2.26. The molecule has 0 saturated carbocycles. The van der Waals surface area contributed by atoms with E-state index in [1.54, 1.807) is 7.11 Å². The van der Waals surface area contributed by atoms with Gasteiger partial charge in [-0.2, -0.15) is 0 Å². The van der Waals surface area contributed by atoms with Gasteiger partial charge in [0.2, 0.25) is 0 Å². The molecule has 2 heterocycles. The van der Waals surface area contributed by atoms with Crippen molar-refractivity contribution < 1.29 is 22.3 Å². The Bertz CT molecular complexity index is 1250. The van der Waals surface area contributed by atoms with Crippen LogP contribution in [0.15, 0.2) is 58.3 Å². The highest BCUT2D eigenvalue weighted by Gasteiger charge is 2.24. The molecule has 174 valence electrons. The van der Waals surface area contributed by atoms with E-state index in [1.165, 1.54) is 22.2 Å². The Hall–Kier alpha value is -2.66. The number of benzene rings is 2. The van der Waals surface area contributed by atoms with Gasteiger partial charge in [-0.1, -0.05) is 29.8 Å². The van der Waals surface area contributed by atoms with Crippen LogP contribution in [0.4, 0.5) is 10.2 Å². The molecule has 0 fully saturated rings.